The molecule has 29 heavy (non-hydrogen) atoms. The molecule has 0 radical (unpaired) electrons. The molecule has 0 amide bonds. The van der Waals surface area contributed by atoms with Crippen molar-refractivity contribution < 1.29 is 24.8 Å². The largest absolute Gasteiger partial charge is 0.512 e. The van der Waals surface area contributed by atoms with Crippen molar-refractivity contribution in [3.05, 3.63) is 58.2 Å². The minimum atomic E-state index is -1.30. The Balaban J connectivity index is 1.75. The molecule has 0 bridgehead atoms. The minimum absolute atomic E-state index is 0.180. The van der Waals surface area contributed by atoms with Crippen molar-refractivity contribution >= 4 is 11.8 Å². The number of allylic oxidation sites excluding steroid dienone is 3. The Morgan fingerprint density at radius 3 is 2.55 bits per heavy atom. The van der Waals surface area contributed by atoms with E-state index in [1.807, 2.05) is 31.2 Å². The molecule has 6 atom stereocenters. The van der Waals surface area contributed by atoms with Gasteiger partial charge in [-0.15, -0.1) is 11.8 Å². The molecular weight excluding hydrogens is 394 g/mol. The number of nitroso groups, excluding NO2 is 1. The lowest BCUT2D eigenvalue weighted by atomic mass is 9.82. The van der Waals surface area contributed by atoms with Crippen LogP contribution in [0.5, 0.6) is 5.75 Å². The number of hydrogen-bond acceptors (Lipinski definition) is 8. The van der Waals surface area contributed by atoms with Crippen molar-refractivity contribution in [2.24, 2.45) is 11.1 Å². The Bertz CT molecular complexity index is 765. The zero-order valence-electron chi connectivity index (χ0n) is 16.5. The Kier molecular flexibility index (Phi) is 7.34. The molecule has 1 aliphatic heterocycles. The monoisotopic (exact) mass is 421 g/mol. The van der Waals surface area contributed by atoms with E-state index in [1.165, 1.54) is 11.8 Å². The Hall–Kier alpha value is -1.87. The summed E-state index contributed by atoms with van der Waals surface area (Å²) in [6, 6.07) is 6.63. The number of nitrogens with zero attached hydrogens (tertiary/aromatic N) is 1. The molecule has 1 fully saturated rings. The smallest absolute Gasteiger partial charge is 0.150 e. The van der Waals surface area contributed by atoms with E-state index in [2.05, 4.69) is 5.18 Å². The van der Waals surface area contributed by atoms with Crippen LogP contribution in [-0.2, 0) is 11.2 Å². The lowest BCUT2D eigenvalue weighted by Crippen LogP contribution is -2.56. The number of benzene rings is 1. The lowest BCUT2D eigenvalue weighted by molar-refractivity contribution is -0.137. The van der Waals surface area contributed by atoms with Crippen LogP contribution in [-0.4, -0.2) is 58.0 Å². The normalized spacial score (nSPS) is 32.3. The second kappa shape index (κ2) is 9.75. The summed E-state index contributed by atoms with van der Waals surface area (Å²) >= 11 is 1.27. The molecule has 0 saturated carbocycles. The first kappa shape index (κ1) is 21.8. The highest BCUT2D eigenvalue weighted by atomic mass is 32.2. The van der Waals surface area contributed by atoms with E-state index < -0.39 is 29.8 Å². The van der Waals surface area contributed by atoms with Gasteiger partial charge in [-0.05, 0) is 55.4 Å². The van der Waals surface area contributed by atoms with Crippen LogP contribution in [0.4, 0.5) is 0 Å². The van der Waals surface area contributed by atoms with Crippen molar-refractivity contribution in [2.75, 3.05) is 12.9 Å². The van der Waals surface area contributed by atoms with Crippen LogP contribution in [0.3, 0.4) is 0 Å². The third kappa shape index (κ3) is 4.83. The first-order chi connectivity index (χ1) is 14.0. The van der Waals surface area contributed by atoms with E-state index in [1.54, 1.807) is 18.4 Å². The van der Waals surface area contributed by atoms with Crippen molar-refractivity contribution in [2.45, 2.75) is 49.6 Å². The number of rotatable bonds is 7. The van der Waals surface area contributed by atoms with Crippen LogP contribution in [0.15, 0.2) is 52.9 Å². The fraction of sp³-hybridized carbons (Fsp3) is 0.524. The average molecular weight is 422 g/mol. The SMILES string of the molecule is CCOc1ccc(CC2CC(C3O[C@@H](SC)[C@@H](O)[C@H](O)[C@H]3N=O)=CC=C2O)cc1. The van der Waals surface area contributed by atoms with Gasteiger partial charge in [-0.1, -0.05) is 23.4 Å². The Morgan fingerprint density at radius 1 is 1.21 bits per heavy atom. The molecule has 0 aromatic heterocycles. The van der Waals surface area contributed by atoms with Gasteiger partial charge in [0.2, 0.25) is 0 Å². The fourth-order valence-electron chi connectivity index (χ4n) is 3.81. The van der Waals surface area contributed by atoms with Gasteiger partial charge in [-0.25, -0.2) is 0 Å². The molecule has 1 saturated heterocycles. The van der Waals surface area contributed by atoms with E-state index in [9.17, 15) is 20.2 Å². The van der Waals surface area contributed by atoms with Crippen molar-refractivity contribution in [3.63, 3.8) is 0 Å². The summed E-state index contributed by atoms with van der Waals surface area (Å²) in [5, 5.41) is 33.9. The molecule has 1 heterocycles. The summed E-state index contributed by atoms with van der Waals surface area (Å²) in [6.45, 7) is 2.53. The summed E-state index contributed by atoms with van der Waals surface area (Å²) in [6.07, 6.45) is 2.94. The summed E-state index contributed by atoms with van der Waals surface area (Å²) in [5.74, 6) is 0.878. The molecule has 1 aromatic rings. The van der Waals surface area contributed by atoms with Crippen LogP contribution < -0.4 is 4.74 Å². The number of thioether (sulfide) groups is 1. The highest BCUT2D eigenvalue weighted by molar-refractivity contribution is 7.99. The molecule has 7 nitrogen and oxygen atoms in total. The summed E-state index contributed by atoms with van der Waals surface area (Å²) < 4.78 is 11.4. The van der Waals surface area contributed by atoms with Gasteiger partial charge in [0, 0.05) is 5.92 Å². The summed E-state index contributed by atoms with van der Waals surface area (Å²) in [4.78, 5) is 11.4. The Labute approximate surface area is 174 Å². The van der Waals surface area contributed by atoms with Gasteiger partial charge in [0.1, 0.15) is 29.5 Å². The molecule has 2 aliphatic rings. The first-order valence-corrected chi connectivity index (χ1v) is 11.0. The molecule has 0 spiro atoms. The van der Waals surface area contributed by atoms with Crippen LogP contribution in [0, 0.1) is 10.8 Å². The quantitative estimate of drug-likeness (QED) is 0.581. The van der Waals surface area contributed by atoms with Crippen molar-refractivity contribution in [1.29, 1.82) is 0 Å². The predicted molar refractivity (Wildman–Crippen MR) is 112 cm³/mol. The molecule has 3 N–H and O–H groups in total. The second-order valence-electron chi connectivity index (χ2n) is 7.25. The van der Waals surface area contributed by atoms with Crippen LogP contribution in [0.25, 0.3) is 0 Å². The zero-order chi connectivity index (χ0) is 21.0. The second-order valence-corrected chi connectivity index (χ2v) is 8.19. The average Bonchev–Trinajstić information content (AvgIpc) is 2.73. The highest BCUT2D eigenvalue weighted by Crippen LogP contribution is 2.37. The fourth-order valence-corrected chi connectivity index (χ4v) is 4.48. The third-order valence-corrected chi connectivity index (χ3v) is 6.23. The molecule has 2 unspecified atom stereocenters. The maximum Gasteiger partial charge on any atom is 0.150 e. The maximum absolute atomic E-state index is 11.4. The van der Waals surface area contributed by atoms with Gasteiger partial charge < -0.3 is 24.8 Å². The number of aliphatic hydroxyl groups is 3. The van der Waals surface area contributed by atoms with Gasteiger partial charge >= 0.3 is 0 Å². The van der Waals surface area contributed by atoms with Gasteiger partial charge in [0.25, 0.3) is 0 Å². The van der Waals surface area contributed by atoms with E-state index in [-0.39, 0.29) is 11.7 Å². The first-order valence-electron chi connectivity index (χ1n) is 9.66. The summed E-state index contributed by atoms with van der Waals surface area (Å²) in [7, 11) is 0. The van der Waals surface area contributed by atoms with E-state index >= 15 is 0 Å². The third-order valence-electron chi connectivity index (χ3n) is 5.37. The van der Waals surface area contributed by atoms with E-state index in [0.29, 0.717) is 19.4 Å². The molecular formula is C21H27NO6S. The van der Waals surface area contributed by atoms with Crippen molar-refractivity contribution in [3.8, 4) is 5.75 Å². The van der Waals surface area contributed by atoms with Crippen LogP contribution >= 0.6 is 11.8 Å². The number of hydrogen-bond donors (Lipinski definition) is 3. The van der Waals surface area contributed by atoms with Crippen LogP contribution in [0.1, 0.15) is 18.9 Å². The zero-order valence-corrected chi connectivity index (χ0v) is 17.3. The highest BCUT2D eigenvalue weighted by Gasteiger charge is 2.47. The van der Waals surface area contributed by atoms with Gasteiger partial charge in [0.15, 0.2) is 6.04 Å². The molecule has 1 aromatic carbocycles. The Morgan fingerprint density at radius 2 is 1.93 bits per heavy atom. The minimum Gasteiger partial charge on any atom is -0.512 e. The number of ether oxygens (including phenoxy) is 2. The molecule has 1 aliphatic carbocycles. The van der Waals surface area contributed by atoms with Gasteiger partial charge in [-0.2, -0.15) is 4.91 Å². The van der Waals surface area contributed by atoms with E-state index in [0.717, 1.165) is 16.9 Å². The standard InChI is InChI=1S/C21H27NO6S/c1-3-27-15-7-4-12(5-8-15)10-14-11-13(6-9-16(14)23)20-17(22-26)18(24)19(25)21(28-20)29-2/h4-9,14,17-21,23-25H,3,10-11H2,1-2H3/t14?,17-,18-,19+,20?,21+/m1/s1. The lowest BCUT2D eigenvalue weighted by Gasteiger charge is -2.41. The molecule has 8 heteroatoms. The van der Waals surface area contributed by atoms with Gasteiger partial charge in [0.05, 0.1) is 12.4 Å². The van der Waals surface area contributed by atoms with Gasteiger partial charge in [-0.3, -0.25) is 0 Å². The van der Waals surface area contributed by atoms with E-state index in [4.69, 9.17) is 9.47 Å². The molecule has 3 rings (SSSR count). The van der Waals surface area contributed by atoms with Crippen molar-refractivity contribution in [1.82, 2.24) is 0 Å². The topological polar surface area (TPSA) is 109 Å². The summed E-state index contributed by atoms with van der Waals surface area (Å²) in [5.41, 5.74) is 1.16. The van der Waals surface area contributed by atoms with Crippen LogP contribution in [0.2, 0.25) is 0 Å². The maximum atomic E-state index is 11.4. The molecule has 158 valence electrons. The predicted octanol–water partition coefficient (Wildman–Crippen LogP) is 2.96. The number of aliphatic hydroxyl groups excluding tert-OH is 3.